The van der Waals surface area contributed by atoms with Gasteiger partial charge in [0.15, 0.2) is 11.5 Å². The fourth-order valence-corrected chi connectivity index (χ4v) is 1.92. The smallest absolute Gasteiger partial charge is 0.339 e. The highest BCUT2D eigenvalue weighted by Crippen LogP contribution is 2.20. The second kappa shape index (κ2) is 5.10. The SMILES string of the molecule is CC(=O)c1cc(C(=O)O)c(Cc2cccc(C)c2)o1. The number of aryl methyl sites for hydroxylation is 1. The lowest BCUT2D eigenvalue weighted by molar-refractivity contribution is 0.0694. The molecule has 1 N–H and O–H groups in total. The Balaban J connectivity index is 2.38. The molecule has 4 nitrogen and oxygen atoms in total. The van der Waals surface area contributed by atoms with Gasteiger partial charge in [0, 0.05) is 19.4 Å². The molecular formula is C15H14O4. The molecule has 1 heterocycles. The van der Waals surface area contributed by atoms with Crippen LogP contribution in [0.25, 0.3) is 0 Å². The number of aromatic carboxylic acids is 1. The third-order valence-electron chi connectivity index (χ3n) is 2.83. The lowest BCUT2D eigenvalue weighted by Crippen LogP contribution is -1.99. The molecule has 0 radical (unpaired) electrons. The van der Waals surface area contributed by atoms with Gasteiger partial charge in [-0.1, -0.05) is 29.8 Å². The summed E-state index contributed by atoms with van der Waals surface area (Å²) in [6, 6.07) is 9.01. The fourth-order valence-electron chi connectivity index (χ4n) is 1.92. The molecule has 0 aliphatic heterocycles. The van der Waals surface area contributed by atoms with E-state index in [1.165, 1.54) is 13.0 Å². The van der Waals surface area contributed by atoms with Crippen LogP contribution in [0.3, 0.4) is 0 Å². The first-order valence-corrected chi connectivity index (χ1v) is 5.90. The van der Waals surface area contributed by atoms with E-state index in [4.69, 9.17) is 9.52 Å². The van der Waals surface area contributed by atoms with Gasteiger partial charge in [-0.3, -0.25) is 4.79 Å². The van der Waals surface area contributed by atoms with Crippen molar-refractivity contribution < 1.29 is 19.1 Å². The first kappa shape index (κ1) is 13.1. The molecule has 0 saturated carbocycles. The quantitative estimate of drug-likeness (QED) is 0.856. The monoisotopic (exact) mass is 258 g/mol. The number of benzene rings is 1. The van der Waals surface area contributed by atoms with Crippen LogP contribution in [-0.2, 0) is 6.42 Å². The molecule has 1 aromatic carbocycles. The van der Waals surface area contributed by atoms with Crippen molar-refractivity contribution in [1.82, 2.24) is 0 Å². The van der Waals surface area contributed by atoms with Crippen molar-refractivity contribution in [3.05, 3.63) is 58.5 Å². The Morgan fingerprint density at radius 1 is 1.26 bits per heavy atom. The van der Waals surface area contributed by atoms with Gasteiger partial charge >= 0.3 is 5.97 Å². The molecule has 0 fully saturated rings. The average molecular weight is 258 g/mol. The van der Waals surface area contributed by atoms with Crippen LogP contribution in [0.2, 0.25) is 0 Å². The van der Waals surface area contributed by atoms with Gasteiger partial charge in [0.25, 0.3) is 0 Å². The fraction of sp³-hybridized carbons (Fsp3) is 0.200. The van der Waals surface area contributed by atoms with Crippen LogP contribution in [0.1, 0.15) is 44.7 Å². The zero-order chi connectivity index (χ0) is 14.0. The summed E-state index contributed by atoms with van der Waals surface area (Å²) >= 11 is 0. The van der Waals surface area contributed by atoms with Crippen LogP contribution in [0.5, 0.6) is 0 Å². The highest BCUT2D eigenvalue weighted by molar-refractivity contribution is 5.96. The van der Waals surface area contributed by atoms with Crippen molar-refractivity contribution in [2.45, 2.75) is 20.3 Å². The van der Waals surface area contributed by atoms with Gasteiger partial charge < -0.3 is 9.52 Å². The van der Waals surface area contributed by atoms with Crippen LogP contribution in [-0.4, -0.2) is 16.9 Å². The first-order valence-electron chi connectivity index (χ1n) is 5.90. The van der Waals surface area contributed by atoms with Gasteiger partial charge in [-0.05, 0) is 12.5 Å². The maximum absolute atomic E-state index is 11.3. The number of carbonyl (C=O) groups excluding carboxylic acids is 1. The van der Waals surface area contributed by atoms with Gasteiger partial charge in [0.2, 0.25) is 0 Å². The predicted octanol–water partition coefficient (Wildman–Crippen LogP) is 3.08. The van der Waals surface area contributed by atoms with Gasteiger partial charge in [0.1, 0.15) is 11.3 Å². The number of Topliss-reactive ketones (excluding diaryl/α,β-unsaturated/α-hetero) is 1. The highest BCUT2D eigenvalue weighted by atomic mass is 16.4. The lowest BCUT2D eigenvalue weighted by Gasteiger charge is -2.01. The molecule has 0 spiro atoms. The Kier molecular flexibility index (Phi) is 3.51. The minimum absolute atomic E-state index is 0.0479. The second-order valence-corrected chi connectivity index (χ2v) is 4.47. The van der Waals surface area contributed by atoms with Crippen LogP contribution in [0.4, 0.5) is 0 Å². The van der Waals surface area contributed by atoms with Gasteiger partial charge in [-0.15, -0.1) is 0 Å². The molecule has 0 atom stereocenters. The Morgan fingerprint density at radius 3 is 2.58 bits per heavy atom. The van der Waals surface area contributed by atoms with E-state index in [1.807, 2.05) is 31.2 Å². The average Bonchev–Trinajstić information content (AvgIpc) is 2.73. The number of hydrogen-bond donors (Lipinski definition) is 1. The molecule has 0 amide bonds. The van der Waals surface area contributed by atoms with Gasteiger partial charge in [-0.2, -0.15) is 0 Å². The largest absolute Gasteiger partial charge is 0.478 e. The summed E-state index contributed by atoms with van der Waals surface area (Å²) in [4.78, 5) is 22.4. The Morgan fingerprint density at radius 2 is 2.00 bits per heavy atom. The summed E-state index contributed by atoms with van der Waals surface area (Å²) in [7, 11) is 0. The van der Waals surface area contributed by atoms with Crippen molar-refractivity contribution in [3.63, 3.8) is 0 Å². The third kappa shape index (κ3) is 2.91. The topological polar surface area (TPSA) is 67.5 Å². The summed E-state index contributed by atoms with van der Waals surface area (Å²) in [6.07, 6.45) is 0.358. The van der Waals surface area contributed by atoms with Crippen LogP contribution in [0.15, 0.2) is 34.7 Å². The molecular weight excluding hydrogens is 244 g/mol. The second-order valence-electron chi connectivity index (χ2n) is 4.47. The predicted molar refractivity (Wildman–Crippen MR) is 69.7 cm³/mol. The summed E-state index contributed by atoms with van der Waals surface area (Å²) < 4.78 is 5.35. The normalized spacial score (nSPS) is 10.4. The molecule has 1 aromatic heterocycles. The Hall–Kier alpha value is -2.36. The molecule has 98 valence electrons. The molecule has 0 bridgehead atoms. The first-order chi connectivity index (χ1) is 8.97. The third-order valence-corrected chi connectivity index (χ3v) is 2.83. The molecule has 0 unspecified atom stereocenters. The van der Waals surface area contributed by atoms with E-state index < -0.39 is 5.97 Å². The molecule has 0 aliphatic carbocycles. The van der Waals surface area contributed by atoms with Crippen molar-refractivity contribution in [2.24, 2.45) is 0 Å². The Labute approximate surface area is 110 Å². The van der Waals surface area contributed by atoms with Crippen molar-refractivity contribution >= 4 is 11.8 Å². The zero-order valence-corrected chi connectivity index (χ0v) is 10.8. The lowest BCUT2D eigenvalue weighted by atomic mass is 10.1. The number of furan rings is 1. The highest BCUT2D eigenvalue weighted by Gasteiger charge is 2.19. The van der Waals surface area contributed by atoms with E-state index in [1.54, 1.807) is 0 Å². The van der Waals surface area contributed by atoms with E-state index in [0.29, 0.717) is 12.2 Å². The van der Waals surface area contributed by atoms with E-state index >= 15 is 0 Å². The number of carboxylic acids is 1. The number of ketones is 1. The zero-order valence-electron chi connectivity index (χ0n) is 10.8. The van der Waals surface area contributed by atoms with Crippen molar-refractivity contribution in [1.29, 1.82) is 0 Å². The Bertz CT molecular complexity index is 637. The summed E-state index contributed by atoms with van der Waals surface area (Å²) in [6.45, 7) is 3.31. The van der Waals surface area contributed by atoms with E-state index in [0.717, 1.165) is 11.1 Å². The van der Waals surface area contributed by atoms with Crippen molar-refractivity contribution in [2.75, 3.05) is 0 Å². The van der Waals surface area contributed by atoms with E-state index in [2.05, 4.69) is 0 Å². The van der Waals surface area contributed by atoms with Crippen LogP contribution >= 0.6 is 0 Å². The summed E-state index contributed by atoms with van der Waals surface area (Å²) in [5, 5.41) is 9.12. The standard InChI is InChI=1S/C15H14O4/c1-9-4-3-5-11(6-9)7-14-12(15(17)18)8-13(19-14)10(2)16/h3-6,8H,7H2,1-2H3,(H,17,18). The summed E-state index contributed by atoms with van der Waals surface area (Å²) in [5.41, 5.74) is 2.09. The molecule has 0 aliphatic rings. The molecule has 2 rings (SSSR count). The molecule has 0 saturated heterocycles. The maximum atomic E-state index is 11.3. The van der Waals surface area contributed by atoms with Crippen LogP contribution in [0, 0.1) is 6.92 Å². The van der Waals surface area contributed by atoms with E-state index in [-0.39, 0.29) is 17.1 Å². The molecule has 19 heavy (non-hydrogen) atoms. The molecule has 2 aromatic rings. The number of hydrogen-bond acceptors (Lipinski definition) is 3. The maximum Gasteiger partial charge on any atom is 0.339 e. The summed E-state index contributed by atoms with van der Waals surface area (Å²) in [5.74, 6) is -0.972. The van der Waals surface area contributed by atoms with E-state index in [9.17, 15) is 9.59 Å². The minimum Gasteiger partial charge on any atom is -0.478 e. The minimum atomic E-state index is -1.08. The van der Waals surface area contributed by atoms with Crippen LogP contribution < -0.4 is 0 Å². The van der Waals surface area contributed by atoms with Gasteiger partial charge in [-0.25, -0.2) is 4.79 Å². The number of carbonyl (C=O) groups is 2. The van der Waals surface area contributed by atoms with Gasteiger partial charge in [0.05, 0.1) is 0 Å². The van der Waals surface area contributed by atoms with Crippen molar-refractivity contribution in [3.8, 4) is 0 Å². The number of carboxylic acid groups (broad SMARTS) is 1. The number of rotatable bonds is 4. The molecule has 4 heteroatoms.